The molecule has 1 aromatic carbocycles. The van der Waals surface area contributed by atoms with Crippen LogP contribution in [0.2, 0.25) is 10.0 Å². The van der Waals surface area contributed by atoms with Crippen LogP contribution in [-0.2, 0) is 9.53 Å². The van der Waals surface area contributed by atoms with Gasteiger partial charge >= 0.3 is 5.97 Å². The number of halogens is 2. The molecule has 0 radical (unpaired) electrons. The Bertz CT molecular complexity index is 699. The van der Waals surface area contributed by atoms with E-state index in [4.69, 9.17) is 27.9 Å². The Morgan fingerprint density at radius 1 is 1.38 bits per heavy atom. The van der Waals surface area contributed by atoms with Gasteiger partial charge in [-0.3, -0.25) is 4.79 Å². The number of nitrogens with one attached hydrogen (secondary N) is 1. The van der Waals surface area contributed by atoms with E-state index >= 15 is 0 Å². The predicted molar refractivity (Wildman–Crippen MR) is 85.4 cm³/mol. The number of hydrogen-bond donors (Lipinski definition) is 1. The minimum absolute atomic E-state index is 0.269. The highest BCUT2D eigenvalue weighted by Crippen LogP contribution is 2.37. The SMILES string of the molecule is CCNC(=O)[C@@H](C)OC(=O)c1sc2cc(Cl)ccc2c1Cl. The number of benzene rings is 1. The summed E-state index contributed by atoms with van der Waals surface area (Å²) in [5, 5.41) is 4.21. The number of ether oxygens (including phenoxy) is 1. The molecule has 0 saturated carbocycles. The van der Waals surface area contributed by atoms with Crippen LogP contribution in [0.5, 0.6) is 0 Å². The third kappa shape index (κ3) is 3.48. The molecule has 1 atom stereocenters. The summed E-state index contributed by atoms with van der Waals surface area (Å²) in [6.45, 7) is 3.78. The summed E-state index contributed by atoms with van der Waals surface area (Å²) in [7, 11) is 0. The first-order valence-corrected chi connectivity index (χ1v) is 7.87. The first kappa shape index (κ1) is 16.1. The van der Waals surface area contributed by atoms with Crippen LogP contribution < -0.4 is 5.32 Å². The molecule has 0 fully saturated rings. The molecule has 0 saturated heterocycles. The molecule has 0 bridgehead atoms. The number of esters is 1. The van der Waals surface area contributed by atoms with Gasteiger partial charge in [0.2, 0.25) is 0 Å². The van der Waals surface area contributed by atoms with E-state index in [2.05, 4.69) is 5.32 Å². The van der Waals surface area contributed by atoms with Crippen LogP contribution in [0.1, 0.15) is 23.5 Å². The Balaban J connectivity index is 2.23. The van der Waals surface area contributed by atoms with Crippen molar-refractivity contribution >= 4 is 56.5 Å². The minimum Gasteiger partial charge on any atom is -0.448 e. The number of carbonyl (C=O) groups is 2. The first-order chi connectivity index (χ1) is 9.93. The molecule has 112 valence electrons. The summed E-state index contributed by atoms with van der Waals surface area (Å²) < 4.78 is 5.93. The largest absolute Gasteiger partial charge is 0.448 e. The van der Waals surface area contributed by atoms with Gasteiger partial charge in [0.15, 0.2) is 6.10 Å². The van der Waals surface area contributed by atoms with E-state index < -0.39 is 12.1 Å². The van der Waals surface area contributed by atoms with Crippen molar-refractivity contribution in [2.24, 2.45) is 0 Å². The lowest BCUT2D eigenvalue weighted by Gasteiger charge is -2.11. The Hall–Kier alpha value is -1.30. The highest BCUT2D eigenvalue weighted by molar-refractivity contribution is 7.21. The van der Waals surface area contributed by atoms with Crippen molar-refractivity contribution in [1.82, 2.24) is 5.32 Å². The van der Waals surface area contributed by atoms with Gasteiger partial charge in [-0.05, 0) is 26.0 Å². The number of rotatable bonds is 4. The van der Waals surface area contributed by atoms with E-state index in [0.717, 1.165) is 10.1 Å². The Morgan fingerprint density at radius 3 is 2.76 bits per heavy atom. The molecule has 0 unspecified atom stereocenters. The highest BCUT2D eigenvalue weighted by Gasteiger charge is 2.23. The molecule has 2 rings (SSSR count). The summed E-state index contributed by atoms with van der Waals surface area (Å²) in [5.74, 6) is -0.956. The molecular formula is C14H13Cl2NO3S. The molecule has 0 aliphatic rings. The van der Waals surface area contributed by atoms with Crippen LogP contribution >= 0.6 is 34.5 Å². The smallest absolute Gasteiger partial charge is 0.350 e. The molecule has 1 aromatic heterocycles. The van der Waals surface area contributed by atoms with E-state index in [1.165, 1.54) is 18.3 Å². The molecule has 0 spiro atoms. The lowest BCUT2D eigenvalue weighted by Crippen LogP contribution is -2.35. The normalized spacial score (nSPS) is 12.2. The minimum atomic E-state index is -0.873. The number of likely N-dealkylation sites (N-methyl/N-ethyl adjacent to an activating group) is 1. The maximum Gasteiger partial charge on any atom is 0.350 e. The van der Waals surface area contributed by atoms with Gasteiger partial charge in [-0.25, -0.2) is 4.79 Å². The number of carbonyl (C=O) groups excluding carboxylic acids is 2. The number of hydrogen-bond acceptors (Lipinski definition) is 4. The van der Waals surface area contributed by atoms with Gasteiger partial charge in [-0.15, -0.1) is 11.3 Å². The fourth-order valence-electron chi connectivity index (χ4n) is 1.76. The van der Waals surface area contributed by atoms with Crippen LogP contribution in [0.3, 0.4) is 0 Å². The molecule has 1 amide bonds. The Morgan fingerprint density at radius 2 is 2.10 bits per heavy atom. The number of thiophene rings is 1. The zero-order valence-corrected chi connectivity index (χ0v) is 13.7. The van der Waals surface area contributed by atoms with Crippen LogP contribution in [0, 0.1) is 0 Å². The molecular weight excluding hydrogens is 333 g/mol. The van der Waals surface area contributed by atoms with Gasteiger partial charge in [-0.2, -0.15) is 0 Å². The summed E-state index contributed by atoms with van der Waals surface area (Å²) >= 11 is 13.3. The average molecular weight is 346 g/mol. The van der Waals surface area contributed by atoms with Crippen LogP contribution in [-0.4, -0.2) is 24.5 Å². The van der Waals surface area contributed by atoms with E-state index in [1.54, 1.807) is 25.1 Å². The maximum absolute atomic E-state index is 12.1. The first-order valence-electron chi connectivity index (χ1n) is 6.30. The van der Waals surface area contributed by atoms with Crippen molar-refractivity contribution in [1.29, 1.82) is 0 Å². The molecule has 1 heterocycles. The van der Waals surface area contributed by atoms with Gasteiger partial charge in [-0.1, -0.05) is 29.3 Å². The lowest BCUT2D eigenvalue weighted by molar-refractivity contribution is -0.128. The zero-order valence-electron chi connectivity index (χ0n) is 11.4. The van der Waals surface area contributed by atoms with Crippen LogP contribution in [0.25, 0.3) is 10.1 Å². The van der Waals surface area contributed by atoms with Gasteiger partial charge in [0.05, 0.1) is 5.02 Å². The molecule has 7 heteroatoms. The van der Waals surface area contributed by atoms with Gasteiger partial charge in [0.1, 0.15) is 4.88 Å². The van der Waals surface area contributed by atoms with Crippen molar-refractivity contribution in [2.45, 2.75) is 20.0 Å². The summed E-state index contributed by atoms with van der Waals surface area (Å²) in [4.78, 5) is 24.0. The molecule has 0 aliphatic carbocycles. The van der Waals surface area contributed by atoms with E-state index in [-0.39, 0.29) is 10.8 Å². The Kier molecular flexibility index (Phi) is 5.08. The fraction of sp³-hybridized carbons (Fsp3) is 0.286. The monoisotopic (exact) mass is 345 g/mol. The number of fused-ring (bicyclic) bond motifs is 1. The topological polar surface area (TPSA) is 55.4 Å². The van der Waals surface area contributed by atoms with Crippen molar-refractivity contribution in [2.75, 3.05) is 6.54 Å². The molecule has 0 aliphatic heterocycles. The second kappa shape index (κ2) is 6.64. The third-order valence-corrected chi connectivity index (χ3v) is 4.65. The fourth-order valence-corrected chi connectivity index (χ4v) is 3.42. The summed E-state index contributed by atoms with van der Waals surface area (Å²) in [6.07, 6.45) is -0.873. The lowest BCUT2D eigenvalue weighted by atomic mass is 10.2. The van der Waals surface area contributed by atoms with Crippen LogP contribution in [0.4, 0.5) is 0 Å². The van der Waals surface area contributed by atoms with Gasteiger partial charge in [0.25, 0.3) is 5.91 Å². The van der Waals surface area contributed by atoms with Crippen molar-refractivity contribution in [3.63, 3.8) is 0 Å². The second-order valence-electron chi connectivity index (χ2n) is 4.33. The predicted octanol–water partition coefficient (Wildman–Crippen LogP) is 3.89. The summed E-state index contributed by atoms with van der Waals surface area (Å²) in [5.41, 5.74) is 0. The molecule has 1 N–H and O–H groups in total. The quantitative estimate of drug-likeness (QED) is 0.855. The average Bonchev–Trinajstić information content (AvgIpc) is 2.75. The van der Waals surface area contributed by atoms with Crippen molar-refractivity contribution < 1.29 is 14.3 Å². The highest BCUT2D eigenvalue weighted by atomic mass is 35.5. The van der Waals surface area contributed by atoms with Crippen LogP contribution in [0.15, 0.2) is 18.2 Å². The molecule has 21 heavy (non-hydrogen) atoms. The van der Waals surface area contributed by atoms with Crippen molar-refractivity contribution in [3.05, 3.63) is 33.1 Å². The van der Waals surface area contributed by atoms with E-state index in [0.29, 0.717) is 16.6 Å². The zero-order chi connectivity index (χ0) is 15.6. The molecule has 4 nitrogen and oxygen atoms in total. The van der Waals surface area contributed by atoms with E-state index in [1.807, 2.05) is 0 Å². The van der Waals surface area contributed by atoms with Gasteiger partial charge in [0, 0.05) is 21.7 Å². The number of amides is 1. The van der Waals surface area contributed by atoms with Gasteiger partial charge < -0.3 is 10.1 Å². The van der Waals surface area contributed by atoms with Crippen molar-refractivity contribution in [3.8, 4) is 0 Å². The summed E-state index contributed by atoms with van der Waals surface area (Å²) in [6, 6.07) is 5.19. The maximum atomic E-state index is 12.1. The standard InChI is InChI=1S/C14H13Cl2NO3S/c1-3-17-13(18)7(2)20-14(19)12-11(16)9-5-4-8(15)6-10(9)21-12/h4-7H,3H2,1-2H3,(H,17,18)/t7-/m1/s1. The van der Waals surface area contributed by atoms with E-state index in [9.17, 15) is 9.59 Å². The Labute approximate surface area is 136 Å². The molecule has 2 aromatic rings. The third-order valence-electron chi connectivity index (χ3n) is 2.78. The second-order valence-corrected chi connectivity index (χ2v) is 6.19.